The Balaban J connectivity index is 1.65. The minimum Gasteiger partial charge on any atom is -0.491 e. The number of aryl methyl sites for hydroxylation is 1. The molecular formula is C33H34N2O5. The van der Waals surface area contributed by atoms with E-state index in [9.17, 15) is 19.5 Å². The maximum Gasteiger partial charge on any atom is 0.303 e. The Morgan fingerprint density at radius 1 is 0.950 bits per heavy atom. The van der Waals surface area contributed by atoms with Crippen molar-refractivity contribution >= 4 is 29.0 Å². The number of carbonyl (C=O) groups excluding carboxylic acids is 2. The van der Waals surface area contributed by atoms with E-state index in [-0.39, 0.29) is 36.6 Å². The van der Waals surface area contributed by atoms with Crippen LogP contribution in [-0.4, -0.2) is 28.9 Å². The summed E-state index contributed by atoms with van der Waals surface area (Å²) in [5.41, 5.74) is 5.67. The number of hydrogen-bond acceptors (Lipinski definition) is 5. The zero-order valence-corrected chi connectivity index (χ0v) is 23.0. The molecule has 1 aliphatic heterocycles. The highest BCUT2D eigenvalue weighted by molar-refractivity contribution is 6.06. The van der Waals surface area contributed by atoms with E-state index in [4.69, 9.17) is 4.74 Å². The molecule has 1 aliphatic carbocycles. The van der Waals surface area contributed by atoms with E-state index in [0.29, 0.717) is 35.5 Å². The average molecular weight is 539 g/mol. The van der Waals surface area contributed by atoms with Crippen LogP contribution in [0.5, 0.6) is 5.75 Å². The topological polar surface area (TPSA) is 95.9 Å². The minimum atomic E-state index is -1.05. The number of nitrogens with zero attached hydrogens (tertiary/aromatic N) is 1. The number of nitrogens with one attached hydrogen (secondary N) is 1. The molecule has 2 N–H and O–H groups in total. The molecule has 0 fully saturated rings. The van der Waals surface area contributed by atoms with Crippen molar-refractivity contribution in [2.75, 3.05) is 10.2 Å². The van der Waals surface area contributed by atoms with Gasteiger partial charge in [-0.15, -0.1) is 0 Å². The van der Waals surface area contributed by atoms with Gasteiger partial charge in [-0.05, 0) is 68.5 Å². The number of hydrogen-bond donors (Lipinski definition) is 2. The van der Waals surface area contributed by atoms with Crippen LogP contribution in [0.25, 0.3) is 0 Å². The SMILES string of the molecule is Cc1ccc([C@H]2CC(=O)C3=C(C2)Nc2ccccc2N(C(=O)CCC(=O)O)[C@@H]3c2ccc(OC(C)C)cc2)cc1. The fourth-order valence-corrected chi connectivity index (χ4v) is 5.59. The highest BCUT2D eigenvalue weighted by atomic mass is 16.5. The van der Waals surface area contributed by atoms with Gasteiger partial charge in [0.1, 0.15) is 5.75 Å². The molecule has 5 rings (SSSR count). The summed E-state index contributed by atoms with van der Waals surface area (Å²) < 4.78 is 5.84. The Morgan fingerprint density at radius 3 is 2.30 bits per heavy atom. The van der Waals surface area contributed by atoms with E-state index >= 15 is 0 Å². The Hall–Kier alpha value is -4.39. The van der Waals surface area contributed by atoms with Gasteiger partial charge in [0.05, 0.1) is 29.9 Å². The molecule has 0 spiro atoms. The third-order valence-corrected chi connectivity index (χ3v) is 7.43. The van der Waals surface area contributed by atoms with Crippen LogP contribution >= 0.6 is 0 Å². The quantitative estimate of drug-likeness (QED) is 0.354. The lowest BCUT2D eigenvalue weighted by Gasteiger charge is -2.35. The Bertz CT molecular complexity index is 1460. The number of carboxylic acids is 1. The number of amides is 1. The molecule has 1 amide bonds. The van der Waals surface area contributed by atoms with Gasteiger partial charge in [0.15, 0.2) is 5.78 Å². The summed E-state index contributed by atoms with van der Waals surface area (Å²) in [5, 5.41) is 12.8. The summed E-state index contributed by atoms with van der Waals surface area (Å²) >= 11 is 0. The van der Waals surface area contributed by atoms with Crippen molar-refractivity contribution in [2.24, 2.45) is 0 Å². The highest BCUT2D eigenvalue weighted by Crippen LogP contribution is 2.47. The largest absolute Gasteiger partial charge is 0.491 e. The molecule has 206 valence electrons. The zero-order valence-electron chi connectivity index (χ0n) is 23.0. The van der Waals surface area contributed by atoms with Gasteiger partial charge in [-0.1, -0.05) is 54.1 Å². The highest BCUT2D eigenvalue weighted by Gasteiger charge is 2.41. The molecule has 0 bridgehead atoms. The first-order valence-corrected chi connectivity index (χ1v) is 13.7. The number of ketones is 1. The van der Waals surface area contributed by atoms with E-state index in [1.807, 2.05) is 69.3 Å². The molecule has 2 aliphatic rings. The molecule has 2 atom stereocenters. The molecule has 7 nitrogen and oxygen atoms in total. The number of anilines is 2. The second kappa shape index (κ2) is 11.4. The standard InChI is InChI=1S/C33H34N2O5/c1-20(2)40-25-14-12-23(13-15-25)33-32-27(18-24(19-29(32)36)22-10-8-21(3)9-11-22)34-26-6-4-5-7-28(26)35(33)30(37)16-17-31(38)39/h4-15,20,24,33-34H,16-19H2,1-3H3,(H,38,39)/t24-,33-/m1/s1. The van der Waals surface area contributed by atoms with Crippen molar-refractivity contribution in [1.82, 2.24) is 0 Å². The third kappa shape index (κ3) is 5.64. The van der Waals surface area contributed by atoms with Gasteiger partial charge in [0.2, 0.25) is 5.91 Å². The van der Waals surface area contributed by atoms with Gasteiger partial charge in [-0.3, -0.25) is 19.3 Å². The molecule has 3 aromatic rings. The predicted molar refractivity (Wildman–Crippen MR) is 155 cm³/mol. The molecule has 0 saturated carbocycles. The first kappa shape index (κ1) is 27.2. The van der Waals surface area contributed by atoms with Gasteiger partial charge < -0.3 is 15.2 Å². The van der Waals surface area contributed by atoms with Crippen LogP contribution in [0.3, 0.4) is 0 Å². The van der Waals surface area contributed by atoms with E-state index in [0.717, 1.165) is 22.4 Å². The average Bonchev–Trinajstić information content (AvgIpc) is 3.07. The van der Waals surface area contributed by atoms with E-state index in [1.165, 1.54) is 0 Å². The normalized spacial score (nSPS) is 18.5. The van der Waals surface area contributed by atoms with Gasteiger partial charge in [0.25, 0.3) is 0 Å². The zero-order chi connectivity index (χ0) is 28.4. The first-order chi connectivity index (χ1) is 19.2. The molecule has 1 heterocycles. The molecular weight excluding hydrogens is 504 g/mol. The molecule has 0 radical (unpaired) electrons. The molecule has 0 saturated heterocycles. The van der Waals surface area contributed by atoms with Crippen molar-refractivity contribution in [3.05, 3.63) is 101 Å². The second-order valence-electron chi connectivity index (χ2n) is 10.8. The van der Waals surface area contributed by atoms with Crippen LogP contribution in [0, 0.1) is 6.92 Å². The monoisotopic (exact) mass is 538 g/mol. The number of allylic oxidation sites excluding steroid dienone is 1. The Labute approximate surface area is 234 Å². The number of fused-ring (bicyclic) bond motifs is 1. The molecule has 3 aromatic carbocycles. The summed E-state index contributed by atoms with van der Waals surface area (Å²) in [6.45, 7) is 5.94. The van der Waals surface area contributed by atoms with Gasteiger partial charge >= 0.3 is 5.97 Å². The van der Waals surface area contributed by atoms with Gasteiger partial charge in [-0.25, -0.2) is 0 Å². The number of ether oxygens (including phenoxy) is 1. The van der Waals surface area contributed by atoms with Crippen LogP contribution in [0.4, 0.5) is 11.4 Å². The lowest BCUT2D eigenvalue weighted by atomic mass is 9.78. The third-order valence-electron chi connectivity index (χ3n) is 7.43. The summed E-state index contributed by atoms with van der Waals surface area (Å²) in [5.74, 6) is -0.737. The number of rotatable bonds is 7. The molecule has 0 unspecified atom stereocenters. The van der Waals surface area contributed by atoms with Crippen molar-refractivity contribution in [3.63, 3.8) is 0 Å². The number of para-hydroxylation sites is 2. The van der Waals surface area contributed by atoms with Gasteiger partial charge in [0, 0.05) is 24.1 Å². The molecule has 40 heavy (non-hydrogen) atoms. The first-order valence-electron chi connectivity index (χ1n) is 13.7. The number of carboxylic acid groups (broad SMARTS) is 1. The van der Waals surface area contributed by atoms with Crippen LogP contribution in [0.15, 0.2) is 84.1 Å². The number of Topliss-reactive ketones (excluding diaryl/α,β-unsaturated/α-hetero) is 1. The molecule has 0 aromatic heterocycles. The predicted octanol–water partition coefficient (Wildman–Crippen LogP) is 6.55. The van der Waals surface area contributed by atoms with Crippen LogP contribution < -0.4 is 15.0 Å². The number of aliphatic carboxylic acids is 1. The number of benzene rings is 3. The Kier molecular flexibility index (Phi) is 7.74. The van der Waals surface area contributed by atoms with Crippen molar-refractivity contribution < 1.29 is 24.2 Å². The lowest BCUT2D eigenvalue weighted by molar-refractivity contribution is -0.138. The summed E-state index contributed by atoms with van der Waals surface area (Å²) in [6.07, 6.45) is 0.455. The summed E-state index contributed by atoms with van der Waals surface area (Å²) in [6, 6.07) is 22.5. The summed E-state index contributed by atoms with van der Waals surface area (Å²) in [4.78, 5) is 40.8. The van der Waals surface area contributed by atoms with Crippen molar-refractivity contribution in [1.29, 1.82) is 0 Å². The number of carbonyl (C=O) groups is 3. The smallest absolute Gasteiger partial charge is 0.303 e. The summed E-state index contributed by atoms with van der Waals surface area (Å²) in [7, 11) is 0. The maximum absolute atomic E-state index is 14.1. The second-order valence-corrected chi connectivity index (χ2v) is 10.8. The fraction of sp³-hybridized carbons (Fsp3) is 0.303. The molecule has 7 heteroatoms. The Morgan fingerprint density at radius 2 is 1.62 bits per heavy atom. The van der Waals surface area contributed by atoms with Crippen molar-refractivity contribution in [2.45, 2.75) is 64.5 Å². The van der Waals surface area contributed by atoms with E-state index < -0.39 is 12.0 Å². The van der Waals surface area contributed by atoms with Crippen LogP contribution in [0.1, 0.15) is 68.2 Å². The van der Waals surface area contributed by atoms with E-state index in [2.05, 4.69) is 29.6 Å². The van der Waals surface area contributed by atoms with E-state index in [1.54, 1.807) is 4.90 Å². The fourth-order valence-electron chi connectivity index (χ4n) is 5.59. The minimum absolute atomic E-state index is 0.00171. The van der Waals surface area contributed by atoms with Crippen LogP contribution in [0.2, 0.25) is 0 Å². The maximum atomic E-state index is 14.1. The van der Waals surface area contributed by atoms with Crippen molar-refractivity contribution in [3.8, 4) is 5.75 Å². The lowest BCUT2D eigenvalue weighted by Crippen LogP contribution is -2.38. The van der Waals surface area contributed by atoms with Gasteiger partial charge in [-0.2, -0.15) is 0 Å². The van der Waals surface area contributed by atoms with Crippen LogP contribution in [-0.2, 0) is 14.4 Å².